The number of unbranched alkanes of at least 4 members (excludes halogenated alkanes) is 1. The van der Waals surface area contributed by atoms with Crippen LogP contribution in [0.1, 0.15) is 32.3 Å². The molecule has 1 aromatic rings. The summed E-state index contributed by atoms with van der Waals surface area (Å²) < 4.78 is 13.8. The Morgan fingerprint density at radius 2 is 2.06 bits per heavy atom. The summed E-state index contributed by atoms with van der Waals surface area (Å²) in [5, 5.41) is 3.03. The third kappa shape index (κ3) is 3.70. The molecule has 96 valence electrons. The van der Waals surface area contributed by atoms with E-state index in [0.717, 1.165) is 37.2 Å². The molecule has 0 amide bonds. The normalized spacial score (nSPS) is 10.6. The smallest absolute Gasteiger partial charge is 0.129 e. The number of benzene rings is 1. The van der Waals surface area contributed by atoms with E-state index in [9.17, 15) is 4.39 Å². The molecule has 0 aromatic heterocycles. The van der Waals surface area contributed by atoms with Crippen LogP contribution in [-0.2, 0) is 6.54 Å². The molecule has 0 aliphatic rings. The maximum absolute atomic E-state index is 13.8. The summed E-state index contributed by atoms with van der Waals surface area (Å²) in [4.78, 5) is 2.25. The van der Waals surface area contributed by atoms with E-state index in [1.165, 1.54) is 6.07 Å². The molecule has 0 fully saturated rings. The van der Waals surface area contributed by atoms with Gasteiger partial charge in [-0.05, 0) is 32.5 Å². The first kappa shape index (κ1) is 14.0. The van der Waals surface area contributed by atoms with Crippen molar-refractivity contribution < 1.29 is 4.39 Å². The summed E-state index contributed by atoms with van der Waals surface area (Å²) in [6, 6.07) is 5.33. The van der Waals surface area contributed by atoms with Gasteiger partial charge in [0.05, 0.1) is 0 Å². The summed E-state index contributed by atoms with van der Waals surface area (Å²) in [5.41, 5.74) is 1.79. The van der Waals surface area contributed by atoms with Crippen LogP contribution in [0.2, 0.25) is 0 Å². The van der Waals surface area contributed by atoms with Crippen molar-refractivity contribution in [2.24, 2.45) is 0 Å². The summed E-state index contributed by atoms with van der Waals surface area (Å²) >= 11 is 0. The second-order valence-corrected chi connectivity index (χ2v) is 4.20. The van der Waals surface area contributed by atoms with Crippen molar-refractivity contribution in [3.8, 4) is 0 Å². The van der Waals surface area contributed by atoms with Crippen molar-refractivity contribution in [3.05, 3.63) is 29.6 Å². The second-order valence-electron chi connectivity index (χ2n) is 4.20. The average molecular weight is 238 g/mol. The van der Waals surface area contributed by atoms with Crippen LogP contribution in [0, 0.1) is 5.82 Å². The molecular formula is C14H23FN2. The SMILES string of the molecule is CCCCN(CC)c1cccc(F)c1CNC. The van der Waals surface area contributed by atoms with Gasteiger partial charge in [-0.2, -0.15) is 0 Å². The molecule has 1 rings (SSSR count). The molecule has 3 heteroatoms. The van der Waals surface area contributed by atoms with Gasteiger partial charge in [0, 0.05) is 30.9 Å². The van der Waals surface area contributed by atoms with Gasteiger partial charge in [0.2, 0.25) is 0 Å². The van der Waals surface area contributed by atoms with E-state index in [1.807, 2.05) is 13.1 Å². The van der Waals surface area contributed by atoms with Gasteiger partial charge in [-0.3, -0.25) is 0 Å². The molecule has 0 radical (unpaired) electrons. The number of halogens is 1. The van der Waals surface area contributed by atoms with Crippen LogP contribution in [-0.4, -0.2) is 20.1 Å². The lowest BCUT2D eigenvalue weighted by molar-refractivity contribution is 0.598. The van der Waals surface area contributed by atoms with Gasteiger partial charge in [0.15, 0.2) is 0 Å². The summed E-state index contributed by atoms with van der Waals surface area (Å²) in [6.45, 7) is 6.77. The highest BCUT2D eigenvalue weighted by Gasteiger charge is 2.12. The Bertz CT molecular complexity index is 339. The summed E-state index contributed by atoms with van der Waals surface area (Å²) in [6.07, 6.45) is 2.30. The zero-order chi connectivity index (χ0) is 12.7. The monoisotopic (exact) mass is 238 g/mol. The van der Waals surface area contributed by atoms with E-state index in [4.69, 9.17) is 0 Å². The molecule has 0 bridgehead atoms. The van der Waals surface area contributed by atoms with Crippen molar-refractivity contribution in [2.45, 2.75) is 33.2 Å². The van der Waals surface area contributed by atoms with Crippen LogP contribution >= 0.6 is 0 Å². The first-order valence-electron chi connectivity index (χ1n) is 6.41. The molecule has 0 saturated carbocycles. The third-order valence-corrected chi connectivity index (χ3v) is 2.95. The predicted molar refractivity (Wildman–Crippen MR) is 72.0 cm³/mol. The Hall–Kier alpha value is -1.09. The van der Waals surface area contributed by atoms with Gasteiger partial charge >= 0.3 is 0 Å². The standard InChI is InChI=1S/C14H23FN2/c1-4-6-10-17(5-2)14-9-7-8-13(15)12(14)11-16-3/h7-9,16H,4-6,10-11H2,1-3H3. The van der Waals surface area contributed by atoms with E-state index in [0.29, 0.717) is 6.54 Å². The van der Waals surface area contributed by atoms with Gasteiger partial charge < -0.3 is 10.2 Å². The van der Waals surface area contributed by atoms with E-state index >= 15 is 0 Å². The number of rotatable bonds is 7. The minimum absolute atomic E-state index is 0.119. The van der Waals surface area contributed by atoms with Gasteiger partial charge in [-0.25, -0.2) is 4.39 Å². The third-order valence-electron chi connectivity index (χ3n) is 2.95. The first-order valence-corrected chi connectivity index (χ1v) is 6.41. The molecule has 0 heterocycles. The van der Waals surface area contributed by atoms with Crippen LogP contribution in [0.25, 0.3) is 0 Å². The van der Waals surface area contributed by atoms with Crippen molar-refractivity contribution >= 4 is 5.69 Å². The minimum atomic E-state index is -0.119. The highest BCUT2D eigenvalue weighted by molar-refractivity contribution is 5.54. The quantitative estimate of drug-likeness (QED) is 0.785. The zero-order valence-corrected chi connectivity index (χ0v) is 11.1. The van der Waals surface area contributed by atoms with Crippen LogP contribution in [0.4, 0.5) is 10.1 Å². The lowest BCUT2D eigenvalue weighted by atomic mass is 10.1. The molecule has 1 N–H and O–H groups in total. The van der Waals surface area contributed by atoms with Crippen LogP contribution < -0.4 is 10.2 Å². The summed E-state index contributed by atoms with van der Waals surface area (Å²) in [7, 11) is 1.85. The lowest BCUT2D eigenvalue weighted by Gasteiger charge is -2.26. The Kier molecular flexibility index (Phi) is 5.98. The van der Waals surface area contributed by atoms with Crippen LogP contribution in [0.5, 0.6) is 0 Å². The van der Waals surface area contributed by atoms with Gasteiger partial charge in [0.1, 0.15) is 5.82 Å². The lowest BCUT2D eigenvalue weighted by Crippen LogP contribution is -2.26. The van der Waals surface area contributed by atoms with Gasteiger partial charge in [-0.1, -0.05) is 19.4 Å². The van der Waals surface area contributed by atoms with Gasteiger partial charge in [0.25, 0.3) is 0 Å². The molecule has 0 aliphatic carbocycles. The maximum Gasteiger partial charge on any atom is 0.129 e. The molecule has 2 nitrogen and oxygen atoms in total. The van der Waals surface area contributed by atoms with E-state index in [2.05, 4.69) is 24.1 Å². The fraction of sp³-hybridized carbons (Fsp3) is 0.571. The Balaban J connectivity index is 2.96. The molecule has 1 aromatic carbocycles. The highest BCUT2D eigenvalue weighted by atomic mass is 19.1. The van der Waals surface area contributed by atoms with Crippen molar-refractivity contribution in [1.82, 2.24) is 5.32 Å². The average Bonchev–Trinajstić information content (AvgIpc) is 2.34. The molecule has 17 heavy (non-hydrogen) atoms. The highest BCUT2D eigenvalue weighted by Crippen LogP contribution is 2.23. The van der Waals surface area contributed by atoms with E-state index < -0.39 is 0 Å². The van der Waals surface area contributed by atoms with Crippen molar-refractivity contribution in [3.63, 3.8) is 0 Å². The van der Waals surface area contributed by atoms with Crippen molar-refractivity contribution in [1.29, 1.82) is 0 Å². The zero-order valence-electron chi connectivity index (χ0n) is 11.1. The predicted octanol–water partition coefficient (Wildman–Crippen LogP) is 3.17. The topological polar surface area (TPSA) is 15.3 Å². The fourth-order valence-corrected chi connectivity index (χ4v) is 1.99. The fourth-order valence-electron chi connectivity index (χ4n) is 1.99. The molecule has 0 unspecified atom stereocenters. The van der Waals surface area contributed by atoms with Gasteiger partial charge in [-0.15, -0.1) is 0 Å². The Morgan fingerprint density at radius 1 is 1.29 bits per heavy atom. The summed E-state index contributed by atoms with van der Waals surface area (Å²) in [5.74, 6) is -0.119. The molecule has 0 atom stereocenters. The van der Waals surface area contributed by atoms with Crippen molar-refractivity contribution in [2.75, 3.05) is 25.0 Å². The Labute approximate surface area is 104 Å². The number of nitrogens with one attached hydrogen (secondary N) is 1. The van der Waals surface area contributed by atoms with Crippen LogP contribution in [0.15, 0.2) is 18.2 Å². The number of anilines is 1. The van der Waals surface area contributed by atoms with E-state index in [1.54, 1.807) is 6.07 Å². The number of hydrogen-bond acceptors (Lipinski definition) is 2. The second kappa shape index (κ2) is 7.28. The largest absolute Gasteiger partial charge is 0.371 e. The minimum Gasteiger partial charge on any atom is -0.371 e. The van der Waals surface area contributed by atoms with Crippen LogP contribution in [0.3, 0.4) is 0 Å². The van der Waals surface area contributed by atoms with E-state index in [-0.39, 0.29) is 5.82 Å². The first-order chi connectivity index (χ1) is 8.24. The molecule has 0 saturated heterocycles. The number of hydrogen-bond donors (Lipinski definition) is 1. The molecule has 0 spiro atoms. The number of nitrogens with zero attached hydrogens (tertiary/aromatic N) is 1. The Morgan fingerprint density at radius 3 is 2.65 bits per heavy atom. The molecular weight excluding hydrogens is 215 g/mol. The maximum atomic E-state index is 13.8. The molecule has 0 aliphatic heterocycles.